The molecule has 1 heteroatoms. The number of rotatable bonds is 3. The van der Waals surface area contributed by atoms with Crippen LogP contribution in [0.15, 0.2) is 23.8 Å². The third kappa shape index (κ3) is 3.71. The van der Waals surface area contributed by atoms with Crippen LogP contribution in [0.5, 0.6) is 0 Å². The first-order valence-corrected chi connectivity index (χ1v) is 3.13. The summed E-state index contributed by atoms with van der Waals surface area (Å²) >= 11 is 0. The van der Waals surface area contributed by atoms with Crippen molar-refractivity contribution in [3.8, 4) is 0 Å². The van der Waals surface area contributed by atoms with E-state index in [1.54, 1.807) is 6.08 Å². The number of carbonyl (C=O) groups excluding carboxylic acids is 1. The van der Waals surface area contributed by atoms with Gasteiger partial charge in [-0.3, -0.25) is 4.79 Å². The van der Waals surface area contributed by atoms with Crippen molar-refractivity contribution in [1.82, 2.24) is 0 Å². The smallest absolute Gasteiger partial charge is 0.149 e. The molecule has 0 fully saturated rings. The Labute approximate surface area is 56.1 Å². The van der Waals surface area contributed by atoms with Crippen molar-refractivity contribution in [2.45, 2.75) is 20.3 Å². The summed E-state index contributed by atoms with van der Waals surface area (Å²) in [6, 6.07) is 0. The zero-order valence-corrected chi connectivity index (χ0v) is 5.92. The highest BCUT2D eigenvalue weighted by atomic mass is 16.1. The molecule has 1 nitrogen and oxygen atoms in total. The summed E-state index contributed by atoms with van der Waals surface area (Å²) in [5.41, 5.74) is 0.747. The summed E-state index contributed by atoms with van der Waals surface area (Å²) in [7, 11) is 0. The average molecular weight is 124 g/mol. The maximum absolute atomic E-state index is 10.1. The van der Waals surface area contributed by atoms with Gasteiger partial charge in [0.1, 0.15) is 6.29 Å². The van der Waals surface area contributed by atoms with Gasteiger partial charge in [-0.25, -0.2) is 0 Å². The van der Waals surface area contributed by atoms with E-state index in [0.717, 1.165) is 18.3 Å². The van der Waals surface area contributed by atoms with Crippen LogP contribution in [0.4, 0.5) is 0 Å². The van der Waals surface area contributed by atoms with Crippen LogP contribution >= 0.6 is 0 Å². The Kier molecular flexibility index (Phi) is 4.79. The third-order valence-corrected chi connectivity index (χ3v) is 1.02. The highest BCUT2D eigenvalue weighted by molar-refractivity contribution is 5.77. The Hall–Kier alpha value is -0.850. The van der Waals surface area contributed by atoms with Crippen molar-refractivity contribution >= 4 is 6.29 Å². The van der Waals surface area contributed by atoms with E-state index in [2.05, 4.69) is 0 Å². The van der Waals surface area contributed by atoms with Gasteiger partial charge < -0.3 is 0 Å². The summed E-state index contributed by atoms with van der Waals surface area (Å²) in [4.78, 5) is 10.1. The fraction of sp³-hybridized carbons (Fsp3) is 0.375. The molecule has 0 aromatic heterocycles. The van der Waals surface area contributed by atoms with Crippen LogP contribution in [-0.4, -0.2) is 6.29 Å². The summed E-state index contributed by atoms with van der Waals surface area (Å²) in [5.74, 6) is 0. The highest BCUT2D eigenvalue weighted by Gasteiger charge is 1.81. The molecule has 0 aliphatic carbocycles. The third-order valence-electron chi connectivity index (χ3n) is 1.02. The monoisotopic (exact) mass is 124 g/mol. The minimum absolute atomic E-state index is 0.747. The van der Waals surface area contributed by atoms with Gasteiger partial charge in [-0.05, 0) is 13.3 Å². The molecule has 0 saturated carbocycles. The Balaban J connectivity index is 3.84. The molecule has 0 aromatic rings. The van der Waals surface area contributed by atoms with E-state index in [1.807, 2.05) is 26.0 Å². The van der Waals surface area contributed by atoms with Crippen molar-refractivity contribution in [3.05, 3.63) is 23.8 Å². The van der Waals surface area contributed by atoms with E-state index in [9.17, 15) is 4.79 Å². The largest absolute Gasteiger partial charge is 0.298 e. The second-order valence-electron chi connectivity index (χ2n) is 1.72. The predicted octanol–water partition coefficient (Wildman–Crippen LogP) is 2.10. The van der Waals surface area contributed by atoms with Gasteiger partial charge in [0.15, 0.2) is 0 Å². The number of hydrogen-bond acceptors (Lipinski definition) is 1. The molecule has 0 amide bonds. The SMILES string of the molecule is C/C=C(C=O)/C=C/CC. The molecule has 9 heavy (non-hydrogen) atoms. The van der Waals surface area contributed by atoms with E-state index in [0.29, 0.717) is 0 Å². The fourth-order valence-corrected chi connectivity index (χ4v) is 0.457. The van der Waals surface area contributed by atoms with E-state index >= 15 is 0 Å². The molecule has 0 aromatic carbocycles. The quantitative estimate of drug-likeness (QED) is 0.320. The zero-order valence-electron chi connectivity index (χ0n) is 5.92. The minimum Gasteiger partial charge on any atom is -0.298 e. The first kappa shape index (κ1) is 8.15. The van der Waals surface area contributed by atoms with Crippen LogP contribution in [0, 0.1) is 0 Å². The number of allylic oxidation sites excluding steroid dienone is 4. The summed E-state index contributed by atoms with van der Waals surface area (Å²) in [6.45, 7) is 3.89. The lowest BCUT2D eigenvalue weighted by molar-refractivity contribution is -0.104. The van der Waals surface area contributed by atoms with Gasteiger partial charge in [0.25, 0.3) is 0 Å². The Morgan fingerprint density at radius 2 is 2.22 bits per heavy atom. The van der Waals surface area contributed by atoms with Crippen LogP contribution in [-0.2, 0) is 4.79 Å². The molecule has 0 rings (SSSR count). The van der Waals surface area contributed by atoms with Crippen molar-refractivity contribution in [3.63, 3.8) is 0 Å². The first-order valence-electron chi connectivity index (χ1n) is 3.13. The van der Waals surface area contributed by atoms with Crippen LogP contribution in [0.3, 0.4) is 0 Å². The molecular formula is C8H12O. The Morgan fingerprint density at radius 3 is 2.56 bits per heavy atom. The highest BCUT2D eigenvalue weighted by Crippen LogP contribution is 1.92. The van der Waals surface area contributed by atoms with Crippen molar-refractivity contribution in [1.29, 1.82) is 0 Å². The van der Waals surface area contributed by atoms with E-state index in [4.69, 9.17) is 0 Å². The molecule has 0 aliphatic heterocycles. The minimum atomic E-state index is 0.747. The van der Waals surface area contributed by atoms with Crippen molar-refractivity contribution < 1.29 is 4.79 Å². The second-order valence-corrected chi connectivity index (χ2v) is 1.72. The standard InChI is InChI=1S/C8H12O/c1-3-5-6-8(4-2)7-9/h4-7H,3H2,1-2H3/b6-5+,8-4-. The average Bonchev–Trinajstić information content (AvgIpc) is 1.91. The van der Waals surface area contributed by atoms with Gasteiger partial charge in [0.2, 0.25) is 0 Å². The molecular weight excluding hydrogens is 112 g/mol. The molecule has 0 bridgehead atoms. The number of carbonyl (C=O) groups is 1. The van der Waals surface area contributed by atoms with Crippen LogP contribution < -0.4 is 0 Å². The normalized spacial score (nSPS) is 12.4. The first-order chi connectivity index (χ1) is 4.35. The van der Waals surface area contributed by atoms with Crippen LogP contribution in [0.25, 0.3) is 0 Å². The molecule has 0 spiro atoms. The van der Waals surface area contributed by atoms with Crippen molar-refractivity contribution in [2.75, 3.05) is 0 Å². The summed E-state index contributed by atoms with van der Waals surface area (Å²) in [6.07, 6.45) is 7.41. The second kappa shape index (κ2) is 5.29. The molecule has 0 atom stereocenters. The van der Waals surface area contributed by atoms with E-state index in [1.165, 1.54) is 0 Å². The molecule has 0 unspecified atom stereocenters. The van der Waals surface area contributed by atoms with Crippen LogP contribution in [0.2, 0.25) is 0 Å². The van der Waals surface area contributed by atoms with E-state index < -0.39 is 0 Å². The summed E-state index contributed by atoms with van der Waals surface area (Å²) in [5, 5.41) is 0. The van der Waals surface area contributed by atoms with Gasteiger partial charge in [0.05, 0.1) is 0 Å². The van der Waals surface area contributed by atoms with Crippen molar-refractivity contribution in [2.24, 2.45) is 0 Å². The van der Waals surface area contributed by atoms with E-state index in [-0.39, 0.29) is 0 Å². The Morgan fingerprint density at radius 1 is 1.56 bits per heavy atom. The maximum Gasteiger partial charge on any atom is 0.149 e. The number of hydrogen-bond donors (Lipinski definition) is 0. The van der Waals surface area contributed by atoms with Gasteiger partial charge in [-0.2, -0.15) is 0 Å². The molecule has 0 heterocycles. The van der Waals surface area contributed by atoms with Crippen LogP contribution in [0.1, 0.15) is 20.3 Å². The fourth-order valence-electron chi connectivity index (χ4n) is 0.457. The maximum atomic E-state index is 10.1. The molecule has 0 radical (unpaired) electrons. The zero-order chi connectivity index (χ0) is 7.11. The molecule has 0 N–H and O–H groups in total. The van der Waals surface area contributed by atoms with Gasteiger partial charge in [-0.1, -0.05) is 25.2 Å². The molecule has 50 valence electrons. The van der Waals surface area contributed by atoms with Gasteiger partial charge in [0, 0.05) is 5.57 Å². The Bertz CT molecular complexity index is 132. The number of aldehydes is 1. The lowest BCUT2D eigenvalue weighted by Gasteiger charge is -1.83. The lowest BCUT2D eigenvalue weighted by atomic mass is 10.2. The molecule has 0 saturated heterocycles. The lowest BCUT2D eigenvalue weighted by Crippen LogP contribution is -1.75. The topological polar surface area (TPSA) is 17.1 Å². The van der Waals surface area contributed by atoms with Gasteiger partial charge >= 0.3 is 0 Å². The predicted molar refractivity (Wildman–Crippen MR) is 39.3 cm³/mol. The van der Waals surface area contributed by atoms with Gasteiger partial charge in [-0.15, -0.1) is 0 Å². The summed E-state index contributed by atoms with van der Waals surface area (Å²) < 4.78 is 0. The molecule has 0 aliphatic rings.